The lowest BCUT2D eigenvalue weighted by atomic mass is 10.1. The summed E-state index contributed by atoms with van der Waals surface area (Å²) in [5.41, 5.74) is 8.62. The molecule has 4 heterocycles. The summed E-state index contributed by atoms with van der Waals surface area (Å²) < 4.78 is 22.1. The van der Waals surface area contributed by atoms with Crippen LogP contribution in [0.15, 0.2) is 49.2 Å². The molecule has 170 valence electrons. The Labute approximate surface area is 189 Å². The van der Waals surface area contributed by atoms with Gasteiger partial charge in [0.1, 0.15) is 11.9 Å². The Morgan fingerprint density at radius 3 is 2.73 bits per heavy atom. The van der Waals surface area contributed by atoms with Crippen LogP contribution in [-0.2, 0) is 0 Å². The fourth-order valence-electron chi connectivity index (χ4n) is 3.95. The van der Waals surface area contributed by atoms with E-state index >= 15 is 0 Å². The molecule has 33 heavy (non-hydrogen) atoms. The maximum atomic E-state index is 14.0. The number of nitrogen functional groups attached to an aromatic ring is 1. The van der Waals surface area contributed by atoms with Crippen LogP contribution < -0.4 is 15.8 Å². The third-order valence-corrected chi connectivity index (χ3v) is 5.70. The highest BCUT2D eigenvalue weighted by atomic mass is 19.1. The van der Waals surface area contributed by atoms with Crippen molar-refractivity contribution in [1.29, 1.82) is 0 Å². The molecule has 0 amide bonds. The zero-order chi connectivity index (χ0) is 22.8. The highest BCUT2D eigenvalue weighted by molar-refractivity contribution is 5.59. The Balaban J connectivity index is 1.41. The monoisotopic (exact) mass is 449 g/mol. The fraction of sp³-hybridized carbons (Fsp3) is 0.318. The first kappa shape index (κ1) is 21.0. The smallest absolute Gasteiger partial charge is 0.258 e. The van der Waals surface area contributed by atoms with Crippen LogP contribution in [0.5, 0.6) is 5.88 Å². The molecule has 1 saturated heterocycles. The summed E-state index contributed by atoms with van der Waals surface area (Å²) in [5.74, 6) is -0.0840. The van der Waals surface area contributed by atoms with Gasteiger partial charge in [0.25, 0.3) is 5.88 Å². The largest absolute Gasteiger partial charge is 0.467 e. The van der Waals surface area contributed by atoms with Gasteiger partial charge in [-0.15, -0.1) is 0 Å². The van der Waals surface area contributed by atoms with Crippen LogP contribution in [0.4, 0.5) is 10.2 Å². The van der Waals surface area contributed by atoms with Crippen LogP contribution in [0, 0.1) is 5.82 Å². The van der Waals surface area contributed by atoms with E-state index in [2.05, 4.69) is 30.6 Å². The Morgan fingerprint density at radius 1 is 1.15 bits per heavy atom. The van der Waals surface area contributed by atoms with E-state index in [0.29, 0.717) is 23.0 Å². The standard InChI is InChI=1S/C22H24FN9O/c1-14(18-10-16(23)2-3-20(18)32-27-8-9-28-32)33-22-21(24)26-12-19(30-22)15-11-29-31(13-15)17-4-6-25-7-5-17/h2-3,8-14,17,25H,4-7H2,1H3,(H2,24,26)/t14-/m1/s1. The van der Waals surface area contributed by atoms with E-state index in [-0.39, 0.29) is 11.7 Å². The van der Waals surface area contributed by atoms with Crippen molar-refractivity contribution in [3.8, 4) is 22.8 Å². The number of rotatable bonds is 6. The number of nitrogens with one attached hydrogen (secondary N) is 1. The van der Waals surface area contributed by atoms with Gasteiger partial charge in [-0.05, 0) is 51.1 Å². The molecular weight excluding hydrogens is 425 g/mol. The van der Waals surface area contributed by atoms with Crippen molar-refractivity contribution in [2.45, 2.75) is 31.9 Å². The first-order chi connectivity index (χ1) is 16.1. The highest BCUT2D eigenvalue weighted by Crippen LogP contribution is 2.30. The molecule has 0 aliphatic carbocycles. The van der Waals surface area contributed by atoms with Crippen molar-refractivity contribution in [1.82, 2.24) is 40.1 Å². The lowest BCUT2D eigenvalue weighted by Crippen LogP contribution is -2.29. The second-order valence-electron chi connectivity index (χ2n) is 7.92. The number of piperidine rings is 1. The number of nitrogens with two attached hydrogens (primary N) is 1. The summed E-state index contributed by atoms with van der Waals surface area (Å²) in [6.45, 7) is 3.74. The lowest BCUT2D eigenvalue weighted by molar-refractivity contribution is 0.217. The fourth-order valence-corrected chi connectivity index (χ4v) is 3.95. The third kappa shape index (κ3) is 4.40. The Hall–Kier alpha value is -3.86. The minimum Gasteiger partial charge on any atom is -0.467 e. The molecule has 1 aliphatic rings. The Morgan fingerprint density at radius 2 is 1.94 bits per heavy atom. The molecule has 1 aliphatic heterocycles. The van der Waals surface area contributed by atoms with Crippen molar-refractivity contribution < 1.29 is 9.13 Å². The number of anilines is 1. The van der Waals surface area contributed by atoms with Crippen molar-refractivity contribution in [2.75, 3.05) is 18.8 Å². The molecule has 1 atom stereocenters. The van der Waals surface area contributed by atoms with Crippen LogP contribution in [-0.4, -0.2) is 47.8 Å². The first-order valence-corrected chi connectivity index (χ1v) is 10.8. The predicted octanol–water partition coefficient (Wildman–Crippen LogP) is 2.71. The van der Waals surface area contributed by atoms with Crippen molar-refractivity contribution in [3.63, 3.8) is 0 Å². The molecule has 1 fully saturated rings. The summed E-state index contributed by atoms with van der Waals surface area (Å²) >= 11 is 0. The van der Waals surface area contributed by atoms with Crippen LogP contribution in [0.2, 0.25) is 0 Å². The molecule has 0 saturated carbocycles. The number of aromatic nitrogens is 7. The maximum Gasteiger partial charge on any atom is 0.258 e. The quantitative estimate of drug-likeness (QED) is 0.461. The van der Waals surface area contributed by atoms with Crippen LogP contribution >= 0.6 is 0 Å². The van der Waals surface area contributed by atoms with E-state index in [1.165, 1.54) is 16.9 Å². The minimum absolute atomic E-state index is 0.145. The van der Waals surface area contributed by atoms with Crippen molar-refractivity contribution in [3.05, 3.63) is 60.6 Å². The zero-order valence-corrected chi connectivity index (χ0v) is 18.1. The minimum atomic E-state index is -0.592. The summed E-state index contributed by atoms with van der Waals surface area (Å²) in [6.07, 6.45) is 9.90. The van der Waals surface area contributed by atoms with Gasteiger partial charge in [0.15, 0.2) is 5.82 Å². The van der Waals surface area contributed by atoms with E-state index in [1.807, 2.05) is 10.9 Å². The van der Waals surface area contributed by atoms with Crippen LogP contribution in [0.3, 0.4) is 0 Å². The Bertz CT molecular complexity index is 1230. The second kappa shape index (κ2) is 8.94. The normalized spacial score (nSPS) is 15.5. The van der Waals surface area contributed by atoms with E-state index in [9.17, 15) is 4.39 Å². The molecule has 0 radical (unpaired) electrons. The molecule has 1 aromatic carbocycles. The maximum absolute atomic E-state index is 14.0. The van der Waals surface area contributed by atoms with Gasteiger partial charge >= 0.3 is 0 Å². The van der Waals surface area contributed by atoms with Crippen LogP contribution in [0.1, 0.15) is 37.5 Å². The second-order valence-corrected chi connectivity index (χ2v) is 7.92. The Kier molecular flexibility index (Phi) is 5.69. The number of benzene rings is 1. The number of nitrogens with zero attached hydrogens (tertiary/aromatic N) is 7. The highest BCUT2D eigenvalue weighted by Gasteiger charge is 2.20. The number of hydrogen-bond acceptors (Lipinski definition) is 8. The number of hydrogen-bond donors (Lipinski definition) is 2. The van der Waals surface area contributed by atoms with Gasteiger partial charge in [0.2, 0.25) is 0 Å². The van der Waals surface area contributed by atoms with Gasteiger partial charge in [0.05, 0.1) is 42.2 Å². The van der Waals surface area contributed by atoms with E-state index in [1.54, 1.807) is 37.8 Å². The summed E-state index contributed by atoms with van der Waals surface area (Å²) in [7, 11) is 0. The first-order valence-electron chi connectivity index (χ1n) is 10.8. The van der Waals surface area contributed by atoms with Gasteiger partial charge in [-0.2, -0.15) is 20.1 Å². The van der Waals surface area contributed by atoms with E-state index in [0.717, 1.165) is 31.5 Å². The molecule has 5 rings (SSSR count). The zero-order valence-electron chi connectivity index (χ0n) is 18.1. The SMILES string of the molecule is C[C@@H](Oc1nc(-c2cnn(C3CCNCC3)c2)cnc1N)c1cc(F)ccc1-n1nccn1. The number of ether oxygens (including phenoxy) is 1. The molecule has 0 unspecified atom stereocenters. The summed E-state index contributed by atoms with van der Waals surface area (Å²) in [4.78, 5) is 10.2. The molecule has 3 aromatic heterocycles. The van der Waals surface area contributed by atoms with Gasteiger partial charge in [-0.1, -0.05) is 0 Å². The lowest BCUT2D eigenvalue weighted by Gasteiger charge is -2.22. The topological polar surface area (TPSA) is 122 Å². The third-order valence-electron chi connectivity index (χ3n) is 5.70. The van der Waals surface area contributed by atoms with Gasteiger partial charge < -0.3 is 15.8 Å². The predicted molar refractivity (Wildman–Crippen MR) is 119 cm³/mol. The average Bonchev–Trinajstić information content (AvgIpc) is 3.54. The molecular formula is C22H24FN9O. The van der Waals surface area contributed by atoms with E-state index in [4.69, 9.17) is 10.5 Å². The molecule has 0 spiro atoms. The molecule has 3 N–H and O–H groups in total. The molecule has 11 heteroatoms. The summed E-state index contributed by atoms with van der Waals surface area (Å²) in [5, 5.41) is 16.2. The van der Waals surface area contributed by atoms with Crippen molar-refractivity contribution >= 4 is 5.82 Å². The van der Waals surface area contributed by atoms with Crippen molar-refractivity contribution in [2.24, 2.45) is 0 Å². The van der Waals surface area contributed by atoms with E-state index < -0.39 is 11.9 Å². The molecule has 4 aromatic rings. The average molecular weight is 449 g/mol. The number of halogens is 1. The van der Waals surface area contributed by atoms with Gasteiger partial charge in [-0.3, -0.25) is 4.68 Å². The van der Waals surface area contributed by atoms with Gasteiger partial charge in [0, 0.05) is 17.3 Å². The molecule has 10 nitrogen and oxygen atoms in total. The van der Waals surface area contributed by atoms with Crippen LogP contribution in [0.25, 0.3) is 16.9 Å². The molecule has 0 bridgehead atoms. The van der Waals surface area contributed by atoms with Gasteiger partial charge in [-0.25, -0.2) is 14.4 Å². The summed E-state index contributed by atoms with van der Waals surface area (Å²) in [6, 6.07) is 4.70.